The van der Waals surface area contributed by atoms with Crippen molar-refractivity contribution < 1.29 is 9.13 Å². The van der Waals surface area contributed by atoms with E-state index in [1.807, 2.05) is 65.5 Å². The molecule has 4 nitrogen and oxygen atoms in total. The summed E-state index contributed by atoms with van der Waals surface area (Å²) in [4.78, 5) is 0. The van der Waals surface area contributed by atoms with Crippen LogP contribution in [0, 0.1) is 5.82 Å². The van der Waals surface area contributed by atoms with Gasteiger partial charge >= 0.3 is 0 Å². The summed E-state index contributed by atoms with van der Waals surface area (Å²) in [6.07, 6.45) is 1.94. The van der Waals surface area contributed by atoms with Gasteiger partial charge in [0, 0.05) is 29.4 Å². The number of benzene rings is 3. The van der Waals surface area contributed by atoms with E-state index < -0.39 is 0 Å². The Labute approximate surface area is 175 Å². The lowest BCUT2D eigenvalue weighted by molar-refractivity contribution is 0.300. The summed E-state index contributed by atoms with van der Waals surface area (Å²) in [5.41, 5.74) is 10.1. The van der Waals surface area contributed by atoms with Crippen molar-refractivity contribution in [2.45, 2.75) is 13.2 Å². The van der Waals surface area contributed by atoms with Gasteiger partial charge in [-0.15, -0.1) is 12.4 Å². The molecule has 1 aromatic heterocycles. The van der Waals surface area contributed by atoms with Gasteiger partial charge < -0.3 is 10.5 Å². The van der Waals surface area contributed by atoms with Crippen molar-refractivity contribution in [1.29, 1.82) is 0 Å². The second kappa shape index (κ2) is 9.37. The van der Waals surface area contributed by atoms with Crippen LogP contribution in [0.15, 0.2) is 85.1 Å². The third-order valence-corrected chi connectivity index (χ3v) is 4.49. The molecule has 0 saturated carbocycles. The predicted molar refractivity (Wildman–Crippen MR) is 115 cm³/mol. The molecule has 148 valence electrons. The number of rotatable bonds is 6. The Kier molecular flexibility index (Phi) is 6.65. The first-order valence-corrected chi connectivity index (χ1v) is 9.05. The molecule has 0 unspecified atom stereocenters. The van der Waals surface area contributed by atoms with E-state index in [-0.39, 0.29) is 24.8 Å². The molecule has 1 heterocycles. The highest BCUT2D eigenvalue weighted by Crippen LogP contribution is 2.27. The number of hydrogen-bond acceptors (Lipinski definition) is 3. The molecule has 0 fully saturated rings. The lowest BCUT2D eigenvalue weighted by Gasteiger charge is -2.09. The van der Waals surface area contributed by atoms with Crippen LogP contribution in [0.25, 0.3) is 16.9 Å². The van der Waals surface area contributed by atoms with Crippen molar-refractivity contribution in [2.24, 2.45) is 5.73 Å². The topological polar surface area (TPSA) is 53.1 Å². The van der Waals surface area contributed by atoms with E-state index in [0.29, 0.717) is 17.9 Å². The Morgan fingerprint density at radius 2 is 1.66 bits per heavy atom. The van der Waals surface area contributed by atoms with Gasteiger partial charge in [0.2, 0.25) is 0 Å². The average molecular weight is 410 g/mol. The number of ether oxygens (including phenoxy) is 1. The minimum absolute atomic E-state index is 0. The zero-order valence-corrected chi connectivity index (χ0v) is 16.5. The molecule has 29 heavy (non-hydrogen) atoms. The Morgan fingerprint density at radius 3 is 2.41 bits per heavy atom. The highest BCUT2D eigenvalue weighted by Gasteiger charge is 2.12. The van der Waals surface area contributed by atoms with E-state index in [1.54, 1.807) is 18.2 Å². The maximum Gasteiger partial charge on any atom is 0.129 e. The Hall–Kier alpha value is -3.15. The van der Waals surface area contributed by atoms with E-state index in [4.69, 9.17) is 15.6 Å². The Morgan fingerprint density at radius 1 is 0.897 bits per heavy atom. The van der Waals surface area contributed by atoms with Crippen LogP contribution >= 0.6 is 12.4 Å². The molecular weight excluding hydrogens is 389 g/mol. The Balaban J connectivity index is 0.00000240. The molecule has 0 radical (unpaired) electrons. The smallest absolute Gasteiger partial charge is 0.129 e. The van der Waals surface area contributed by atoms with Crippen molar-refractivity contribution in [3.63, 3.8) is 0 Å². The van der Waals surface area contributed by atoms with Gasteiger partial charge in [-0.3, -0.25) is 0 Å². The minimum atomic E-state index is -0.273. The largest absolute Gasteiger partial charge is 0.489 e. The zero-order chi connectivity index (χ0) is 19.3. The molecular formula is C23H21ClFN3O. The number of para-hydroxylation sites is 1. The van der Waals surface area contributed by atoms with Gasteiger partial charge in [0.05, 0.1) is 11.4 Å². The van der Waals surface area contributed by atoms with Crippen molar-refractivity contribution in [3.8, 4) is 22.7 Å². The van der Waals surface area contributed by atoms with E-state index in [2.05, 4.69) is 0 Å². The highest BCUT2D eigenvalue weighted by atomic mass is 35.5. The molecule has 0 spiro atoms. The number of nitrogens with zero attached hydrogens (tertiary/aromatic N) is 2. The molecule has 4 rings (SSSR count). The van der Waals surface area contributed by atoms with Crippen LogP contribution in [0.1, 0.15) is 11.1 Å². The fourth-order valence-corrected chi connectivity index (χ4v) is 3.02. The van der Waals surface area contributed by atoms with Gasteiger partial charge in [0.25, 0.3) is 0 Å². The van der Waals surface area contributed by atoms with Crippen molar-refractivity contribution >= 4 is 12.4 Å². The fourth-order valence-electron chi connectivity index (χ4n) is 3.02. The molecule has 0 aliphatic rings. The number of hydrogen-bond donors (Lipinski definition) is 1. The maximum atomic E-state index is 13.8. The first-order valence-electron chi connectivity index (χ1n) is 9.05. The second-order valence-corrected chi connectivity index (χ2v) is 6.40. The number of aromatic nitrogens is 2. The van der Waals surface area contributed by atoms with E-state index in [0.717, 1.165) is 22.5 Å². The summed E-state index contributed by atoms with van der Waals surface area (Å²) >= 11 is 0. The van der Waals surface area contributed by atoms with Crippen LogP contribution in [0.3, 0.4) is 0 Å². The van der Waals surface area contributed by atoms with Crippen molar-refractivity contribution in [1.82, 2.24) is 9.78 Å². The molecule has 0 amide bonds. The SMILES string of the molecule is Cl.NCc1cn(-c2ccccc2)nc1-c1cccc(OCc2ccccc2F)c1. The van der Waals surface area contributed by atoms with Crippen LogP contribution < -0.4 is 10.5 Å². The predicted octanol–water partition coefficient (Wildman–Crippen LogP) is 5.14. The van der Waals surface area contributed by atoms with E-state index in [1.165, 1.54) is 6.07 Å². The summed E-state index contributed by atoms with van der Waals surface area (Å²) in [6.45, 7) is 0.542. The van der Waals surface area contributed by atoms with Crippen LogP contribution in [0.4, 0.5) is 4.39 Å². The number of nitrogens with two attached hydrogens (primary N) is 1. The molecule has 6 heteroatoms. The Bertz CT molecular complexity index is 1080. The fraction of sp³-hybridized carbons (Fsp3) is 0.0870. The normalized spacial score (nSPS) is 10.4. The van der Waals surface area contributed by atoms with E-state index in [9.17, 15) is 4.39 Å². The van der Waals surface area contributed by atoms with Crippen LogP contribution in [-0.2, 0) is 13.2 Å². The quantitative estimate of drug-likeness (QED) is 0.479. The average Bonchev–Trinajstić information content (AvgIpc) is 3.19. The van der Waals surface area contributed by atoms with Gasteiger partial charge in [-0.1, -0.05) is 48.5 Å². The highest BCUT2D eigenvalue weighted by molar-refractivity contribution is 5.85. The number of halogens is 2. The lowest BCUT2D eigenvalue weighted by Crippen LogP contribution is -1.99. The first kappa shape index (κ1) is 20.6. The van der Waals surface area contributed by atoms with Gasteiger partial charge in [0.15, 0.2) is 0 Å². The molecule has 0 aliphatic heterocycles. The van der Waals surface area contributed by atoms with Gasteiger partial charge in [-0.25, -0.2) is 9.07 Å². The molecule has 0 atom stereocenters. The molecule has 4 aromatic rings. The lowest BCUT2D eigenvalue weighted by atomic mass is 10.1. The van der Waals surface area contributed by atoms with Crippen LogP contribution in [0.2, 0.25) is 0 Å². The van der Waals surface area contributed by atoms with Gasteiger partial charge in [0.1, 0.15) is 18.2 Å². The summed E-state index contributed by atoms with van der Waals surface area (Å²) in [7, 11) is 0. The van der Waals surface area contributed by atoms with E-state index >= 15 is 0 Å². The summed E-state index contributed by atoms with van der Waals surface area (Å²) in [6, 6.07) is 24.1. The summed E-state index contributed by atoms with van der Waals surface area (Å²) in [5, 5.41) is 4.72. The molecule has 0 saturated heterocycles. The van der Waals surface area contributed by atoms with Crippen molar-refractivity contribution in [3.05, 3.63) is 102 Å². The van der Waals surface area contributed by atoms with Crippen molar-refractivity contribution in [2.75, 3.05) is 0 Å². The molecule has 0 bridgehead atoms. The molecule has 2 N–H and O–H groups in total. The van der Waals surface area contributed by atoms with Crippen LogP contribution in [0.5, 0.6) is 5.75 Å². The second-order valence-electron chi connectivity index (χ2n) is 6.40. The third-order valence-electron chi connectivity index (χ3n) is 4.49. The first-order chi connectivity index (χ1) is 13.7. The zero-order valence-electron chi connectivity index (χ0n) is 15.7. The van der Waals surface area contributed by atoms with Crippen LogP contribution in [-0.4, -0.2) is 9.78 Å². The minimum Gasteiger partial charge on any atom is -0.489 e. The standard InChI is InChI=1S/C23H20FN3O.ClH/c24-22-12-5-4-7-18(22)16-28-21-11-6-8-17(13-21)23-19(14-25)15-27(26-23)20-9-2-1-3-10-20;/h1-13,15H,14,16,25H2;1H. The van der Waals surface area contributed by atoms with Gasteiger partial charge in [-0.05, 0) is 30.3 Å². The summed E-state index contributed by atoms with van der Waals surface area (Å²) < 4.78 is 21.4. The molecule has 3 aromatic carbocycles. The molecule has 0 aliphatic carbocycles. The summed E-state index contributed by atoms with van der Waals surface area (Å²) in [5.74, 6) is 0.378. The third kappa shape index (κ3) is 4.65. The van der Waals surface area contributed by atoms with Gasteiger partial charge in [-0.2, -0.15) is 5.10 Å². The maximum absolute atomic E-state index is 13.8. The monoisotopic (exact) mass is 409 g/mol.